The molecule has 5 atom stereocenters. The number of rotatable bonds is 6. The smallest absolute Gasteiger partial charge is 0.171 e. The van der Waals surface area contributed by atoms with Crippen molar-refractivity contribution in [3.63, 3.8) is 0 Å². The second-order valence-corrected chi connectivity index (χ2v) is 7.95. The van der Waals surface area contributed by atoms with Crippen LogP contribution in [0.4, 0.5) is 8.78 Å². The molecule has 2 aliphatic rings. The number of aliphatic hydroxyl groups is 3. The first kappa shape index (κ1) is 21.8. The van der Waals surface area contributed by atoms with Crippen molar-refractivity contribution in [3.05, 3.63) is 53.1 Å². The molecular formula is C22H25F2NO6. The van der Waals surface area contributed by atoms with Gasteiger partial charge in [-0.15, -0.1) is 0 Å². The van der Waals surface area contributed by atoms with E-state index in [0.29, 0.717) is 35.5 Å². The quantitative estimate of drug-likeness (QED) is 0.466. The fraction of sp³-hybridized carbons (Fsp3) is 0.455. The summed E-state index contributed by atoms with van der Waals surface area (Å²) in [4.78, 5) is 0. The van der Waals surface area contributed by atoms with Crippen LogP contribution in [0, 0.1) is 11.6 Å². The molecule has 2 aliphatic heterocycles. The lowest BCUT2D eigenvalue weighted by Gasteiger charge is -2.33. The van der Waals surface area contributed by atoms with Crippen LogP contribution in [0.25, 0.3) is 0 Å². The van der Waals surface area contributed by atoms with Crippen molar-refractivity contribution in [2.75, 3.05) is 13.1 Å². The van der Waals surface area contributed by atoms with Gasteiger partial charge in [-0.05, 0) is 43.2 Å². The maximum absolute atomic E-state index is 13.9. The maximum Gasteiger partial charge on any atom is 0.171 e. The number of aromatic hydroxyl groups is 1. The fourth-order valence-electron chi connectivity index (χ4n) is 4.04. The Balaban J connectivity index is 1.27. The molecule has 0 saturated carbocycles. The maximum atomic E-state index is 13.9. The molecule has 0 fully saturated rings. The molecule has 0 unspecified atom stereocenters. The number of phenols is 1. The van der Waals surface area contributed by atoms with Crippen LogP contribution >= 0.6 is 0 Å². The van der Waals surface area contributed by atoms with E-state index in [9.17, 15) is 29.2 Å². The van der Waals surface area contributed by atoms with E-state index in [1.807, 2.05) is 0 Å². The molecule has 5 N–H and O–H groups in total. The third kappa shape index (κ3) is 4.59. The van der Waals surface area contributed by atoms with Crippen molar-refractivity contribution < 1.29 is 38.7 Å². The monoisotopic (exact) mass is 437 g/mol. The van der Waals surface area contributed by atoms with Gasteiger partial charge in [0, 0.05) is 30.6 Å². The summed E-state index contributed by atoms with van der Waals surface area (Å²) in [5.41, 5.74) is 0.645. The Morgan fingerprint density at radius 3 is 2.45 bits per heavy atom. The average Bonchev–Trinajstić information content (AvgIpc) is 2.76. The molecule has 0 amide bonds. The normalized spacial score (nSPS) is 24.4. The van der Waals surface area contributed by atoms with E-state index in [0.717, 1.165) is 0 Å². The lowest BCUT2D eigenvalue weighted by atomic mass is 9.96. The standard InChI is InChI=1S/C22H25F2NO6/c23-11-1-4-19-13(7-11)15(27)8-21(31-19)17(29)10-25-9-16(28)20-5-2-12-18(30-20)6-3-14(26)22(12)24/h1,3-4,6-7,15-17,20-21,25-29H,2,5,8-10H2/t15-,16+,17+,20-,21+/m1/s1. The van der Waals surface area contributed by atoms with Gasteiger partial charge in [-0.2, -0.15) is 0 Å². The molecule has 0 bridgehead atoms. The van der Waals surface area contributed by atoms with Crippen LogP contribution in [-0.2, 0) is 6.42 Å². The summed E-state index contributed by atoms with van der Waals surface area (Å²) >= 11 is 0. The number of hydrogen-bond acceptors (Lipinski definition) is 7. The van der Waals surface area contributed by atoms with E-state index < -0.39 is 47.9 Å². The predicted octanol–water partition coefficient (Wildman–Crippen LogP) is 1.56. The van der Waals surface area contributed by atoms with Crippen LogP contribution in [0.3, 0.4) is 0 Å². The van der Waals surface area contributed by atoms with Crippen molar-refractivity contribution in [3.8, 4) is 17.2 Å². The first-order valence-electron chi connectivity index (χ1n) is 10.2. The predicted molar refractivity (Wildman–Crippen MR) is 106 cm³/mol. The second-order valence-electron chi connectivity index (χ2n) is 7.95. The highest BCUT2D eigenvalue weighted by Gasteiger charge is 2.33. The number of nitrogens with one attached hydrogen (secondary N) is 1. The summed E-state index contributed by atoms with van der Waals surface area (Å²) in [6, 6.07) is 6.55. The molecule has 9 heteroatoms. The van der Waals surface area contributed by atoms with E-state index in [1.165, 1.54) is 30.3 Å². The summed E-state index contributed by atoms with van der Waals surface area (Å²) in [6.07, 6.45) is -3.24. The van der Waals surface area contributed by atoms with Crippen molar-refractivity contribution in [2.45, 2.75) is 49.8 Å². The summed E-state index contributed by atoms with van der Waals surface area (Å²) in [6.45, 7) is 0.214. The topological polar surface area (TPSA) is 111 Å². The SMILES string of the molecule is Oc1ccc2c(c1F)CC[C@H]([C@@H](O)CNC[C@H](O)[C@@H]1C[C@@H](O)c3cc(F)ccc3O1)O2. The fourth-order valence-corrected chi connectivity index (χ4v) is 4.04. The zero-order chi connectivity index (χ0) is 22.1. The molecule has 0 radical (unpaired) electrons. The number of fused-ring (bicyclic) bond motifs is 2. The molecule has 2 aromatic carbocycles. The van der Waals surface area contributed by atoms with Crippen molar-refractivity contribution >= 4 is 0 Å². The minimum atomic E-state index is -0.967. The van der Waals surface area contributed by atoms with Crippen LogP contribution in [0.2, 0.25) is 0 Å². The molecule has 0 aliphatic carbocycles. The Labute approximate surface area is 177 Å². The summed E-state index contributed by atoms with van der Waals surface area (Å²) in [5, 5.41) is 43.5. The van der Waals surface area contributed by atoms with Gasteiger partial charge in [0.1, 0.15) is 41.7 Å². The van der Waals surface area contributed by atoms with Crippen LogP contribution in [0.15, 0.2) is 30.3 Å². The third-order valence-corrected chi connectivity index (χ3v) is 5.77. The summed E-state index contributed by atoms with van der Waals surface area (Å²) < 4.78 is 38.7. The number of phenolic OH excluding ortho intramolecular Hbond substituents is 1. The van der Waals surface area contributed by atoms with Crippen molar-refractivity contribution in [2.24, 2.45) is 0 Å². The number of ether oxygens (including phenoxy) is 2. The molecule has 0 aromatic heterocycles. The molecule has 0 saturated heterocycles. The Hall–Kier alpha value is -2.46. The molecule has 31 heavy (non-hydrogen) atoms. The highest BCUT2D eigenvalue weighted by atomic mass is 19.1. The largest absolute Gasteiger partial charge is 0.505 e. The van der Waals surface area contributed by atoms with Gasteiger partial charge in [0.15, 0.2) is 11.6 Å². The first-order chi connectivity index (χ1) is 14.8. The van der Waals surface area contributed by atoms with Crippen LogP contribution < -0.4 is 14.8 Å². The van der Waals surface area contributed by atoms with Crippen LogP contribution in [0.1, 0.15) is 30.1 Å². The Kier molecular flexibility index (Phi) is 6.29. The van der Waals surface area contributed by atoms with Gasteiger partial charge >= 0.3 is 0 Å². The Bertz CT molecular complexity index is 942. The minimum absolute atomic E-state index is 0.0940. The van der Waals surface area contributed by atoms with Gasteiger partial charge in [0.25, 0.3) is 0 Å². The van der Waals surface area contributed by atoms with Gasteiger partial charge in [0.2, 0.25) is 0 Å². The third-order valence-electron chi connectivity index (χ3n) is 5.77. The lowest BCUT2D eigenvalue weighted by molar-refractivity contribution is -0.0175. The first-order valence-corrected chi connectivity index (χ1v) is 10.2. The number of aliphatic hydroxyl groups excluding tert-OH is 3. The Morgan fingerprint density at radius 1 is 1.00 bits per heavy atom. The molecule has 2 heterocycles. The van der Waals surface area contributed by atoms with Crippen molar-refractivity contribution in [1.82, 2.24) is 5.32 Å². The van der Waals surface area contributed by atoms with E-state index in [-0.39, 0.29) is 19.5 Å². The van der Waals surface area contributed by atoms with E-state index in [1.54, 1.807) is 0 Å². The highest BCUT2D eigenvalue weighted by Crippen LogP contribution is 2.36. The van der Waals surface area contributed by atoms with E-state index in [2.05, 4.69) is 5.32 Å². The van der Waals surface area contributed by atoms with Gasteiger partial charge in [-0.1, -0.05) is 0 Å². The molecule has 2 aromatic rings. The van der Waals surface area contributed by atoms with Gasteiger partial charge in [-0.25, -0.2) is 8.78 Å². The van der Waals surface area contributed by atoms with Crippen LogP contribution in [0.5, 0.6) is 17.2 Å². The van der Waals surface area contributed by atoms with Crippen LogP contribution in [-0.4, -0.2) is 57.9 Å². The summed E-state index contributed by atoms with van der Waals surface area (Å²) in [5.74, 6) is -0.976. The number of benzene rings is 2. The second kappa shape index (κ2) is 8.96. The zero-order valence-corrected chi connectivity index (χ0v) is 16.7. The van der Waals surface area contributed by atoms with E-state index in [4.69, 9.17) is 9.47 Å². The Morgan fingerprint density at radius 2 is 1.68 bits per heavy atom. The van der Waals surface area contributed by atoms with Crippen molar-refractivity contribution in [1.29, 1.82) is 0 Å². The summed E-state index contributed by atoms with van der Waals surface area (Å²) in [7, 11) is 0. The highest BCUT2D eigenvalue weighted by molar-refractivity contribution is 5.43. The zero-order valence-electron chi connectivity index (χ0n) is 16.7. The average molecular weight is 437 g/mol. The number of halogens is 2. The van der Waals surface area contributed by atoms with Gasteiger partial charge in [-0.3, -0.25) is 0 Å². The molecule has 168 valence electrons. The lowest BCUT2D eigenvalue weighted by Crippen LogP contribution is -2.46. The molecule has 0 spiro atoms. The van der Waals surface area contributed by atoms with Gasteiger partial charge < -0.3 is 35.2 Å². The molecular weight excluding hydrogens is 412 g/mol. The van der Waals surface area contributed by atoms with E-state index >= 15 is 0 Å². The minimum Gasteiger partial charge on any atom is -0.505 e. The van der Waals surface area contributed by atoms with Gasteiger partial charge in [0.05, 0.1) is 6.10 Å². The molecule has 7 nitrogen and oxygen atoms in total. The number of hydrogen-bond donors (Lipinski definition) is 5. The molecule has 4 rings (SSSR count).